The van der Waals surface area contributed by atoms with Gasteiger partial charge in [-0.15, -0.1) is 0 Å². The number of amides is 1. The fourth-order valence-electron chi connectivity index (χ4n) is 3.21. The second kappa shape index (κ2) is 6.52. The summed E-state index contributed by atoms with van der Waals surface area (Å²) in [4.78, 5) is 23.9. The third-order valence-corrected chi connectivity index (χ3v) is 4.40. The van der Waals surface area contributed by atoms with E-state index in [4.69, 9.17) is 14.2 Å². The molecule has 24 heavy (non-hydrogen) atoms. The van der Waals surface area contributed by atoms with Gasteiger partial charge in [0.25, 0.3) is 0 Å². The van der Waals surface area contributed by atoms with Crippen LogP contribution in [0.25, 0.3) is 0 Å². The third-order valence-electron chi connectivity index (χ3n) is 4.40. The van der Waals surface area contributed by atoms with E-state index < -0.39 is 30.0 Å². The topological polar surface area (TPSA) is 94.1 Å². The van der Waals surface area contributed by atoms with E-state index in [9.17, 15) is 14.7 Å². The first kappa shape index (κ1) is 16.3. The molecule has 2 bridgehead atoms. The van der Waals surface area contributed by atoms with Crippen molar-refractivity contribution in [1.29, 1.82) is 0 Å². The molecule has 1 aromatic rings. The Balaban J connectivity index is 1.67. The highest BCUT2D eigenvalue weighted by Gasteiger charge is 2.53. The lowest BCUT2D eigenvalue weighted by Crippen LogP contribution is -2.42. The lowest BCUT2D eigenvalue weighted by molar-refractivity contribution is -0.146. The normalized spacial score (nSPS) is 27.1. The molecule has 2 aliphatic heterocycles. The summed E-state index contributed by atoms with van der Waals surface area (Å²) in [6.45, 7) is 0.267. The first-order valence-corrected chi connectivity index (χ1v) is 7.60. The van der Waals surface area contributed by atoms with Crippen LogP contribution >= 0.6 is 0 Å². The minimum Gasteiger partial charge on any atom is -0.493 e. The molecule has 2 heterocycles. The Labute approximate surface area is 139 Å². The fraction of sp³-hybridized carbons (Fsp3) is 0.412. The van der Waals surface area contributed by atoms with Crippen LogP contribution in [0.3, 0.4) is 0 Å². The first-order chi connectivity index (χ1) is 11.5. The average Bonchev–Trinajstić information content (AvgIpc) is 3.20. The standard InChI is InChI=1S/C17H19NO6/c1-22-10-4-3-9(7-13(10)23-2)8-18-16(19)14-11-5-6-12(24-11)15(14)17(20)21/h3-7,11-12,14-15H,8H2,1-2H3,(H,18,19)(H,20,21)/t11-,12+,14+,15-/m0/s1. The number of methoxy groups -OCH3 is 2. The number of ether oxygens (including phenoxy) is 3. The Kier molecular flexibility index (Phi) is 4.44. The van der Waals surface area contributed by atoms with Crippen LogP contribution in [0.2, 0.25) is 0 Å². The highest BCUT2D eigenvalue weighted by Crippen LogP contribution is 2.39. The monoisotopic (exact) mass is 333 g/mol. The SMILES string of the molecule is COc1ccc(CNC(=O)[C@H]2[C@@H](C(=O)O)[C@H]3C=C[C@@H]2O3)cc1OC. The summed E-state index contributed by atoms with van der Waals surface area (Å²) in [5, 5.41) is 12.1. The fourth-order valence-corrected chi connectivity index (χ4v) is 3.21. The van der Waals surface area contributed by atoms with Crippen molar-refractivity contribution in [2.24, 2.45) is 11.8 Å². The van der Waals surface area contributed by atoms with Gasteiger partial charge >= 0.3 is 5.97 Å². The maximum Gasteiger partial charge on any atom is 0.310 e. The van der Waals surface area contributed by atoms with E-state index in [0.717, 1.165) is 5.56 Å². The molecule has 2 aliphatic rings. The van der Waals surface area contributed by atoms with Crippen molar-refractivity contribution in [3.63, 3.8) is 0 Å². The van der Waals surface area contributed by atoms with Gasteiger partial charge in [0.2, 0.25) is 5.91 Å². The Bertz CT molecular complexity index is 686. The highest BCUT2D eigenvalue weighted by molar-refractivity contribution is 5.87. The van der Waals surface area contributed by atoms with Crippen LogP contribution in [0, 0.1) is 11.8 Å². The molecule has 0 unspecified atom stereocenters. The zero-order valence-electron chi connectivity index (χ0n) is 13.4. The summed E-state index contributed by atoms with van der Waals surface area (Å²) in [6.07, 6.45) is 2.47. The Morgan fingerprint density at radius 3 is 2.42 bits per heavy atom. The molecule has 1 fully saturated rings. The largest absolute Gasteiger partial charge is 0.493 e. The van der Waals surface area contributed by atoms with E-state index in [1.807, 2.05) is 6.07 Å². The minimum atomic E-state index is -1.02. The van der Waals surface area contributed by atoms with Crippen LogP contribution in [0.4, 0.5) is 0 Å². The predicted molar refractivity (Wildman–Crippen MR) is 83.8 cm³/mol. The van der Waals surface area contributed by atoms with Gasteiger partial charge in [0.15, 0.2) is 11.5 Å². The highest BCUT2D eigenvalue weighted by atomic mass is 16.5. The van der Waals surface area contributed by atoms with E-state index in [1.165, 1.54) is 7.11 Å². The number of aliphatic carboxylic acids is 1. The number of benzene rings is 1. The molecule has 3 rings (SSSR count). The van der Waals surface area contributed by atoms with Crippen molar-refractivity contribution in [1.82, 2.24) is 5.32 Å². The number of nitrogens with one attached hydrogen (secondary N) is 1. The van der Waals surface area contributed by atoms with Crippen LogP contribution < -0.4 is 14.8 Å². The molecule has 128 valence electrons. The summed E-state index contributed by atoms with van der Waals surface area (Å²) in [6, 6.07) is 5.34. The van der Waals surface area contributed by atoms with Crippen molar-refractivity contribution in [2.45, 2.75) is 18.8 Å². The van der Waals surface area contributed by atoms with Gasteiger partial charge in [0.05, 0.1) is 32.3 Å². The van der Waals surface area contributed by atoms with E-state index in [-0.39, 0.29) is 12.5 Å². The maximum absolute atomic E-state index is 12.5. The summed E-state index contributed by atoms with van der Waals surface area (Å²) in [5.41, 5.74) is 0.826. The molecule has 0 saturated carbocycles. The van der Waals surface area contributed by atoms with Crippen molar-refractivity contribution in [3.05, 3.63) is 35.9 Å². The van der Waals surface area contributed by atoms with Gasteiger partial charge in [-0.1, -0.05) is 18.2 Å². The number of carbonyl (C=O) groups is 2. The minimum absolute atomic E-state index is 0.267. The zero-order chi connectivity index (χ0) is 17.3. The third kappa shape index (κ3) is 2.82. The Morgan fingerprint density at radius 2 is 1.79 bits per heavy atom. The molecule has 0 aliphatic carbocycles. The van der Waals surface area contributed by atoms with E-state index >= 15 is 0 Å². The molecule has 7 nitrogen and oxygen atoms in total. The number of fused-ring (bicyclic) bond motifs is 2. The number of hydrogen-bond acceptors (Lipinski definition) is 5. The van der Waals surface area contributed by atoms with Gasteiger partial charge in [-0.2, -0.15) is 0 Å². The lowest BCUT2D eigenvalue weighted by Gasteiger charge is -2.21. The van der Waals surface area contributed by atoms with Crippen molar-refractivity contribution >= 4 is 11.9 Å². The van der Waals surface area contributed by atoms with Crippen molar-refractivity contribution in [3.8, 4) is 11.5 Å². The van der Waals surface area contributed by atoms with Crippen molar-refractivity contribution in [2.75, 3.05) is 14.2 Å². The average molecular weight is 333 g/mol. The summed E-state index contributed by atoms with van der Waals surface area (Å²) >= 11 is 0. The molecule has 1 amide bonds. The van der Waals surface area contributed by atoms with Gasteiger partial charge in [0, 0.05) is 6.54 Å². The molecule has 7 heteroatoms. The summed E-state index contributed by atoms with van der Waals surface area (Å²) in [5.74, 6) is -1.72. The number of carbonyl (C=O) groups excluding carboxylic acids is 1. The molecule has 0 aromatic heterocycles. The van der Waals surface area contributed by atoms with Crippen LogP contribution in [0.5, 0.6) is 11.5 Å². The number of carboxylic acids is 1. The second-order valence-electron chi connectivity index (χ2n) is 5.75. The van der Waals surface area contributed by atoms with E-state index in [2.05, 4.69) is 5.32 Å². The van der Waals surface area contributed by atoms with Crippen LogP contribution in [0.15, 0.2) is 30.4 Å². The van der Waals surface area contributed by atoms with Crippen LogP contribution in [-0.4, -0.2) is 43.4 Å². The molecule has 1 aromatic carbocycles. The Hall–Kier alpha value is -2.54. The summed E-state index contributed by atoms with van der Waals surface area (Å²) in [7, 11) is 3.09. The molecule has 0 spiro atoms. The Morgan fingerprint density at radius 1 is 1.12 bits per heavy atom. The van der Waals surface area contributed by atoms with E-state index in [1.54, 1.807) is 31.4 Å². The maximum atomic E-state index is 12.5. The summed E-state index contributed by atoms with van der Waals surface area (Å²) < 4.78 is 15.9. The molecule has 4 atom stereocenters. The first-order valence-electron chi connectivity index (χ1n) is 7.60. The zero-order valence-corrected chi connectivity index (χ0v) is 13.4. The molecular formula is C17H19NO6. The van der Waals surface area contributed by atoms with Gasteiger partial charge in [-0.25, -0.2) is 0 Å². The number of carboxylic acid groups (broad SMARTS) is 1. The number of rotatable bonds is 6. The van der Waals surface area contributed by atoms with E-state index in [0.29, 0.717) is 11.5 Å². The van der Waals surface area contributed by atoms with Gasteiger partial charge in [-0.05, 0) is 17.7 Å². The van der Waals surface area contributed by atoms with Crippen LogP contribution in [0.1, 0.15) is 5.56 Å². The quantitative estimate of drug-likeness (QED) is 0.754. The van der Waals surface area contributed by atoms with Gasteiger partial charge in [-0.3, -0.25) is 9.59 Å². The molecule has 2 N–H and O–H groups in total. The van der Waals surface area contributed by atoms with Crippen molar-refractivity contribution < 1.29 is 28.9 Å². The predicted octanol–water partition coefficient (Wildman–Crippen LogP) is 0.974. The second-order valence-corrected chi connectivity index (χ2v) is 5.75. The lowest BCUT2D eigenvalue weighted by atomic mass is 9.82. The van der Waals surface area contributed by atoms with Gasteiger partial charge in [0.1, 0.15) is 5.92 Å². The smallest absolute Gasteiger partial charge is 0.310 e. The van der Waals surface area contributed by atoms with Gasteiger partial charge < -0.3 is 24.6 Å². The molecule has 0 radical (unpaired) electrons. The number of hydrogen-bond donors (Lipinski definition) is 2. The molecule has 1 saturated heterocycles. The van der Waals surface area contributed by atoms with Crippen LogP contribution in [-0.2, 0) is 20.9 Å². The molecular weight excluding hydrogens is 314 g/mol.